The van der Waals surface area contributed by atoms with Gasteiger partial charge in [0, 0.05) is 18.4 Å². The van der Waals surface area contributed by atoms with Gasteiger partial charge in [-0.2, -0.15) is 0 Å². The maximum absolute atomic E-state index is 12.0. The molecule has 0 unspecified atom stereocenters. The van der Waals surface area contributed by atoms with Crippen molar-refractivity contribution >= 4 is 40.6 Å². The molecule has 1 aromatic carbocycles. The first-order valence-electron chi connectivity index (χ1n) is 6.79. The number of nitrogens with one attached hydrogen (secondary N) is 4. The van der Waals surface area contributed by atoms with Crippen molar-refractivity contribution in [1.82, 2.24) is 10.6 Å². The Labute approximate surface area is 137 Å². The first kappa shape index (κ1) is 16.5. The van der Waals surface area contributed by atoms with Crippen molar-refractivity contribution < 1.29 is 14.4 Å². The third-order valence-corrected chi connectivity index (χ3v) is 3.68. The zero-order valence-electron chi connectivity index (χ0n) is 12.4. The summed E-state index contributed by atoms with van der Waals surface area (Å²) in [7, 11) is 1.49. The van der Waals surface area contributed by atoms with E-state index in [9.17, 15) is 14.4 Å². The lowest BCUT2D eigenvalue weighted by Gasteiger charge is -2.09. The lowest BCUT2D eigenvalue weighted by Crippen LogP contribution is -2.37. The Hall–Kier alpha value is -2.87. The van der Waals surface area contributed by atoms with Gasteiger partial charge in [0.2, 0.25) is 5.91 Å². The van der Waals surface area contributed by atoms with Crippen LogP contribution in [0.2, 0.25) is 0 Å². The fraction of sp³-hybridized carbons (Fsp3) is 0.133. The van der Waals surface area contributed by atoms with Crippen LogP contribution >= 0.6 is 11.3 Å². The van der Waals surface area contributed by atoms with E-state index in [0.717, 1.165) is 0 Å². The van der Waals surface area contributed by atoms with Gasteiger partial charge in [-0.25, -0.2) is 4.79 Å². The molecule has 1 aromatic heterocycles. The zero-order chi connectivity index (χ0) is 16.7. The minimum absolute atomic E-state index is 0.114. The molecule has 2 aromatic rings. The number of thiophene rings is 1. The Morgan fingerprint density at radius 2 is 1.78 bits per heavy atom. The molecule has 0 aliphatic rings. The largest absolute Gasteiger partial charge is 0.358 e. The molecular formula is C15H16N4O3S. The molecule has 0 saturated carbocycles. The first-order chi connectivity index (χ1) is 11.1. The highest BCUT2D eigenvalue weighted by molar-refractivity contribution is 7.12. The summed E-state index contributed by atoms with van der Waals surface area (Å²) in [5, 5.41) is 12.0. The number of urea groups is 1. The van der Waals surface area contributed by atoms with Crippen LogP contribution in [0.3, 0.4) is 0 Å². The van der Waals surface area contributed by atoms with Gasteiger partial charge in [0.05, 0.1) is 11.4 Å². The van der Waals surface area contributed by atoms with E-state index in [2.05, 4.69) is 21.3 Å². The van der Waals surface area contributed by atoms with E-state index >= 15 is 0 Å². The number of hydrogen-bond donors (Lipinski definition) is 4. The second kappa shape index (κ2) is 7.95. The van der Waals surface area contributed by atoms with Gasteiger partial charge in [-0.15, -0.1) is 11.3 Å². The maximum atomic E-state index is 12.0. The molecule has 4 amide bonds. The molecule has 8 heteroatoms. The highest BCUT2D eigenvalue weighted by Gasteiger charge is 2.08. The van der Waals surface area contributed by atoms with Gasteiger partial charge < -0.3 is 21.3 Å². The molecule has 2 rings (SSSR count). The standard InChI is InChI=1S/C15H16N4O3S/c1-16-13(20)9-17-15(22)19-11-5-2-4-10(8-11)18-14(21)12-6-3-7-23-12/h2-8H,9H2,1H3,(H,16,20)(H,18,21)(H2,17,19,22). The van der Waals surface area contributed by atoms with Crippen molar-refractivity contribution in [2.75, 3.05) is 24.2 Å². The SMILES string of the molecule is CNC(=O)CNC(=O)Nc1cccc(NC(=O)c2cccs2)c1. The molecular weight excluding hydrogens is 316 g/mol. The van der Waals surface area contributed by atoms with Crippen LogP contribution < -0.4 is 21.3 Å². The van der Waals surface area contributed by atoms with Crippen molar-refractivity contribution in [1.29, 1.82) is 0 Å². The molecule has 7 nitrogen and oxygen atoms in total. The van der Waals surface area contributed by atoms with E-state index < -0.39 is 6.03 Å². The van der Waals surface area contributed by atoms with E-state index in [4.69, 9.17) is 0 Å². The summed E-state index contributed by atoms with van der Waals surface area (Å²) < 4.78 is 0. The van der Waals surface area contributed by atoms with Crippen LogP contribution in [0.25, 0.3) is 0 Å². The summed E-state index contributed by atoms with van der Waals surface area (Å²) in [6.45, 7) is -0.114. The van der Waals surface area contributed by atoms with Crippen molar-refractivity contribution in [2.24, 2.45) is 0 Å². The van der Waals surface area contributed by atoms with E-state index in [-0.39, 0.29) is 18.4 Å². The van der Waals surface area contributed by atoms with Gasteiger partial charge in [0.1, 0.15) is 0 Å². The molecule has 0 bridgehead atoms. The van der Waals surface area contributed by atoms with Gasteiger partial charge in [-0.3, -0.25) is 9.59 Å². The summed E-state index contributed by atoms with van der Waals surface area (Å²) in [4.78, 5) is 35.3. The van der Waals surface area contributed by atoms with Crippen molar-refractivity contribution in [3.05, 3.63) is 46.7 Å². The summed E-state index contributed by atoms with van der Waals surface area (Å²) in [5.74, 6) is -0.502. The summed E-state index contributed by atoms with van der Waals surface area (Å²) in [6, 6.07) is 9.76. The van der Waals surface area contributed by atoms with Crippen molar-refractivity contribution in [3.63, 3.8) is 0 Å². The molecule has 0 spiro atoms. The molecule has 1 heterocycles. The molecule has 0 atom stereocenters. The Morgan fingerprint density at radius 3 is 2.43 bits per heavy atom. The lowest BCUT2D eigenvalue weighted by atomic mass is 10.2. The number of anilines is 2. The topological polar surface area (TPSA) is 99.3 Å². The van der Waals surface area contributed by atoms with E-state index in [1.807, 2.05) is 5.38 Å². The van der Waals surface area contributed by atoms with Crippen molar-refractivity contribution in [2.45, 2.75) is 0 Å². The number of carbonyl (C=O) groups excluding carboxylic acids is 3. The van der Waals surface area contributed by atoms with Crippen LogP contribution in [0.4, 0.5) is 16.2 Å². The molecule has 0 aliphatic heterocycles. The predicted molar refractivity (Wildman–Crippen MR) is 89.8 cm³/mol. The zero-order valence-corrected chi connectivity index (χ0v) is 13.2. The fourth-order valence-electron chi connectivity index (χ4n) is 1.70. The molecule has 0 aliphatic carbocycles. The monoisotopic (exact) mass is 332 g/mol. The summed E-state index contributed by atoms with van der Waals surface area (Å²) in [5.41, 5.74) is 1.07. The van der Waals surface area contributed by atoms with Gasteiger partial charge >= 0.3 is 6.03 Å². The molecule has 0 fully saturated rings. The molecule has 0 saturated heterocycles. The highest BCUT2D eigenvalue weighted by atomic mass is 32.1. The number of likely N-dealkylation sites (N-methyl/N-ethyl adjacent to an activating group) is 1. The third kappa shape index (κ3) is 5.11. The van der Waals surface area contributed by atoms with Gasteiger partial charge in [-0.05, 0) is 29.6 Å². The Bertz CT molecular complexity index is 701. The van der Waals surface area contributed by atoms with E-state index in [1.54, 1.807) is 36.4 Å². The lowest BCUT2D eigenvalue weighted by molar-refractivity contribution is -0.119. The second-order valence-electron chi connectivity index (χ2n) is 4.49. The van der Waals surface area contributed by atoms with Gasteiger partial charge in [0.25, 0.3) is 5.91 Å². The minimum atomic E-state index is -0.504. The summed E-state index contributed by atoms with van der Waals surface area (Å²) in [6.07, 6.45) is 0. The number of hydrogen-bond acceptors (Lipinski definition) is 4. The Morgan fingerprint density at radius 1 is 1.04 bits per heavy atom. The second-order valence-corrected chi connectivity index (χ2v) is 5.44. The fourth-order valence-corrected chi connectivity index (χ4v) is 2.32. The quantitative estimate of drug-likeness (QED) is 0.672. The number of benzene rings is 1. The number of rotatable bonds is 5. The van der Waals surface area contributed by atoms with Crippen LogP contribution in [0.5, 0.6) is 0 Å². The maximum Gasteiger partial charge on any atom is 0.319 e. The Balaban J connectivity index is 1.93. The van der Waals surface area contributed by atoms with E-state index in [1.165, 1.54) is 18.4 Å². The van der Waals surface area contributed by atoms with Crippen LogP contribution in [-0.2, 0) is 4.79 Å². The number of carbonyl (C=O) groups is 3. The highest BCUT2D eigenvalue weighted by Crippen LogP contribution is 2.17. The van der Waals surface area contributed by atoms with Crippen molar-refractivity contribution in [3.8, 4) is 0 Å². The average Bonchev–Trinajstić information content (AvgIpc) is 3.07. The molecule has 4 N–H and O–H groups in total. The predicted octanol–water partition coefficient (Wildman–Crippen LogP) is 1.87. The van der Waals surface area contributed by atoms with Crippen LogP contribution in [0.1, 0.15) is 9.67 Å². The smallest absolute Gasteiger partial charge is 0.319 e. The number of amides is 4. The summed E-state index contributed by atoms with van der Waals surface area (Å²) >= 11 is 1.35. The van der Waals surface area contributed by atoms with Gasteiger partial charge in [0.15, 0.2) is 0 Å². The molecule has 23 heavy (non-hydrogen) atoms. The average molecular weight is 332 g/mol. The third-order valence-electron chi connectivity index (χ3n) is 2.81. The van der Waals surface area contributed by atoms with Crippen LogP contribution in [-0.4, -0.2) is 31.4 Å². The Kier molecular flexibility index (Phi) is 5.70. The van der Waals surface area contributed by atoms with Crippen LogP contribution in [0.15, 0.2) is 41.8 Å². The minimum Gasteiger partial charge on any atom is -0.358 e. The molecule has 120 valence electrons. The first-order valence-corrected chi connectivity index (χ1v) is 7.67. The molecule has 0 radical (unpaired) electrons. The van der Waals surface area contributed by atoms with Crippen LogP contribution in [0, 0.1) is 0 Å². The van der Waals surface area contributed by atoms with Gasteiger partial charge in [-0.1, -0.05) is 12.1 Å². The van der Waals surface area contributed by atoms with E-state index in [0.29, 0.717) is 16.3 Å². The normalized spacial score (nSPS) is 9.78.